The Bertz CT molecular complexity index is 587. The Balaban J connectivity index is 1.50. The maximum Gasteiger partial charge on any atom is 0.231 e. The molecule has 1 unspecified atom stereocenters. The Morgan fingerprint density at radius 1 is 1.10 bits per heavy atom. The number of rotatable bonds is 5. The number of hydrogen-bond acceptors (Lipinski definition) is 3. The van der Waals surface area contributed by atoms with E-state index in [0.717, 1.165) is 29.8 Å². The molecule has 2 heterocycles. The molecule has 20 heavy (non-hydrogen) atoms. The van der Waals surface area contributed by atoms with Crippen LogP contribution in [0.15, 0.2) is 35.7 Å². The molecule has 1 saturated carbocycles. The highest BCUT2D eigenvalue weighted by Gasteiger charge is 2.31. The molecule has 4 rings (SSSR count). The predicted octanol–water partition coefficient (Wildman–Crippen LogP) is 4.29. The van der Waals surface area contributed by atoms with E-state index in [4.69, 9.17) is 9.47 Å². The number of benzene rings is 1. The van der Waals surface area contributed by atoms with Crippen molar-refractivity contribution < 1.29 is 9.47 Å². The van der Waals surface area contributed by atoms with Crippen LogP contribution in [0.3, 0.4) is 0 Å². The van der Waals surface area contributed by atoms with Gasteiger partial charge in [-0.1, -0.05) is 12.1 Å². The van der Waals surface area contributed by atoms with Crippen LogP contribution in [-0.4, -0.2) is 6.79 Å². The standard InChI is InChI=1S/C17H18O2S/c1-2-15(20-7-1)10-14(13-4-5-13)8-12-3-6-16-17(9-12)19-11-18-16/h1-3,6-7,9,13-14H,4-5,8,10-11H2. The summed E-state index contributed by atoms with van der Waals surface area (Å²) in [7, 11) is 0. The van der Waals surface area contributed by atoms with Gasteiger partial charge in [-0.2, -0.15) is 0 Å². The van der Waals surface area contributed by atoms with Crippen LogP contribution in [0.1, 0.15) is 23.3 Å². The second-order valence-corrected chi connectivity index (χ2v) is 6.80. The van der Waals surface area contributed by atoms with Gasteiger partial charge in [0.05, 0.1) is 0 Å². The van der Waals surface area contributed by atoms with Crippen molar-refractivity contribution in [3.05, 3.63) is 46.2 Å². The van der Waals surface area contributed by atoms with Crippen LogP contribution in [0, 0.1) is 11.8 Å². The van der Waals surface area contributed by atoms with Crippen LogP contribution in [0.25, 0.3) is 0 Å². The highest BCUT2D eigenvalue weighted by molar-refractivity contribution is 7.09. The fourth-order valence-electron chi connectivity index (χ4n) is 3.03. The second kappa shape index (κ2) is 5.13. The van der Waals surface area contributed by atoms with Gasteiger partial charge in [-0.05, 0) is 66.7 Å². The van der Waals surface area contributed by atoms with Gasteiger partial charge in [0, 0.05) is 4.88 Å². The third-order valence-electron chi connectivity index (χ3n) is 4.27. The molecule has 3 heteroatoms. The second-order valence-electron chi connectivity index (χ2n) is 5.77. The first-order chi connectivity index (χ1) is 9.88. The zero-order chi connectivity index (χ0) is 13.4. The SMILES string of the molecule is c1csc(CC(Cc2ccc3c(c2)OCO3)C2CC2)c1. The highest BCUT2D eigenvalue weighted by atomic mass is 32.1. The average Bonchev–Trinajstić information content (AvgIpc) is 2.99. The molecule has 1 aromatic heterocycles. The van der Waals surface area contributed by atoms with Crippen molar-refractivity contribution in [2.45, 2.75) is 25.7 Å². The van der Waals surface area contributed by atoms with Gasteiger partial charge < -0.3 is 9.47 Å². The Morgan fingerprint density at radius 2 is 2.00 bits per heavy atom. The fraction of sp³-hybridized carbons (Fsp3) is 0.412. The van der Waals surface area contributed by atoms with Crippen molar-refractivity contribution >= 4 is 11.3 Å². The lowest BCUT2D eigenvalue weighted by atomic mass is 9.91. The van der Waals surface area contributed by atoms with Gasteiger partial charge in [-0.25, -0.2) is 0 Å². The molecule has 0 spiro atoms. The molecule has 0 N–H and O–H groups in total. The lowest BCUT2D eigenvalue weighted by Gasteiger charge is -2.15. The Labute approximate surface area is 123 Å². The van der Waals surface area contributed by atoms with Gasteiger partial charge in [-0.3, -0.25) is 0 Å². The first kappa shape index (κ1) is 12.3. The average molecular weight is 286 g/mol. The number of fused-ring (bicyclic) bond motifs is 1. The van der Waals surface area contributed by atoms with Crippen molar-refractivity contribution in [2.75, 3.05) is 6.79 Å². The van der Waals surface area contributed by atoms with Crippen molar-refractivity contribution in [1.29, 1.82) is 0 Å². The van der Waals surface area contributed by atoms with Gasteiger partial charge in [0.2, 0.25) is 6.79 Å². The van der Waals surface area contributed by atoms with Gasteiger partial charge >= 0.3 is 0 Å². The third-order valence-corrected chi connectivity index (χ3v) is 5.17. The van der Waals surface area contributed by atoms with Gasteiger partial charge in [0.25, 0.3) is 0 Å². The van der Waals surface area contributed by atoms with E-state index in [9.17, 15) is 0 Å². The molecule has 0 bridgehead atoms. The maximum absolute atomic E-state index is 5.48. The van der Waals surface area contributed by atoms with E-state index in [-0.39, 0.29) is 0 Å². The topological polar surface area (TPSA) is 18.5 Å². The quantitative estimate of drug-likeness (QED) is 0.816. The summed E-state index contributed by atoms with van der Waals surface area (Å²) in [5.74, 6) is 3.49. The molecular weight excluding hydrogens is 268 g/mol. The largest absolute Gasteiger partial charge is 0.454 e. The van der Waals surface area contributed by atoms with Crippen molar-refractivity contribution in [2.24, 2.45) is 11.8 Å². The third kappa shape index (κ3) is 2.55. The van der Waals surface area contributed by atoms with Gasteiger partial charge in [0.1, 0.15) is 0 Å². The first-order valence-electron chi connectivity index (χ1n) is 7.29. The molecule has 2 nitrogen and oxygen atoms in total. The summed E-state index contributed by atoms with van der Waals surface area (Å²) >= 11 is 1.88. The van der Waals surface area contributed by atoms with Crippen LogP contribution in [0.4, 0.5) is 0 Å². The van der Waals surface area contributed by atoms with Gasteiger partial charge in [0.15, 0.2) is 11.5 Å². The van der Waals surface area contributed by atoms with E-state index in [1.165, 1.54) is 29.7 Å². The van der Waals surface area contributed by atoms with E-state index < -0.39 is 0 Å². The predicted molar refractivity (Wildman–Crippen MR) is 80.5 cm³/mol. The minimum Gasteiger partial charge on any atom is -0.454 e. The van der Waals surface area contributed by atoms with E-state index >= 15 is 0 Å². The van der Waals surface area contributed by atoms with Crippen LogP contribution in [0.5, 0.6) is 11.5 Å². The molecule has 0 radical (unpaired) electrons. The van der Waals surface area contributed by atoms with Crippen LogP contribution in [0.2, 0.25) is 0 Å². The molecular formula is C17H18O2S. The van der Waals surface area contributed by atoms with Crippen LogP contribution >= 0.6 is 11.3 Å². The summed E-state index contributed by atoms with van der Waals surface area (Å²) in [6.07, 6.45) is 5.18. The zero-order valence-corrected chi connectivity index (χ0v) is 12.2. The van der Waals surface area contributed by atoms with E-state index in [2.05, 4.69) is 29.6 Å². The van der Waals surface area contributed by atoms with Crippen LogP contribution in [-0.2, 0) is 12.8 Å². The number of ether oxygens (including phenoxy) is 2. The molecule has 0 saturated heterocycles. The van der Waals surface area contributed by atoms with E-state index in [1.807, 2.05) is 17.4 Å². The number of hydrogen-bond donors (Lipinski definition) is 0. The minimum atomic E-state index is 0.361. The Morgan fingerprint density at radius 3 is 2.80 bits per heavy atom. The molecule has 2 aromatic rings. The Kier molecular flexibility index (Phi) is 3.15. The molecule has 2 aliphatic rings. The lowest BCUT2D eigenvalue weighted by Crippen LogP contribution is -2.10. The summed E-state index contributed by atoms with van der Waals surface area (Å²) in [5, 5.41) is 2.18. The molecule has 1 fully saturated rings. The normalized spacial score (nSPS) is 18.2. The fourth-order valence-corrected chi connectivity index (χ4v) is 3.83. The first-order valence-corrected chi connectivity index (χ1v) is 8.17. The molecule has 1 aromatic carbocycles. The number of thiophene rings is 1. The summed E-state index contributed by atoms with van der Waals surface area (Å²) in [6, 6.07) is 10.8. The summed E-state index contributed by atoms with van der Waals surface area (Å²) in [5.41, 5.74) is 1.38. The lowest BCUT2D eigenvalue weighted by molar-refractivity contribution is 0.174. The molecule has 104 valence electrons. The monoisotopic (exact) mass is 286 g/mol. The molecule has 0 amide bonds. The van der Waals surface area contributed by atoms with Crippen molar-refractivity contribution in [3.8, 4) is 11.5 Å². The van der Waals surface area contributed by atoms with Gasteiger partial charge in [-0.15, -0.1) is 11.3 Å². The molecule has 1 aliphatic carbocycles. The molecule has 1 atom stereocenters. The van der Waals surface area contributed by atoms with Crippen molar-refractivity contribution in [3.63, 3.8) is 0 Å². The summed E-state index contributed by atoms with van der Waals surface area (Å²) in [4.78, 5) is 1.52. The minimum absolute atomic E-state index is 0.361. The van der Waals surface area contributed by atoms with Crippen molar-refractivity contribution in [1.82, 2.24) is 0 Å². The summed E-state index contributed by atoms with van der Waals surface area (Å²) in [6.45, 7) is 0.361. The maximum atomic E-state index is 5.48. The highest BCUT2D eigenvalue weighted by Crippen LogP contribution is 2.41. The van der Waals surface area contributed by atoms with E-state index in [1.54, 1.807) is 0 Å². The van der Waals surface area contributed by atoms with E-state index in [0.29, 0.717) is 6.79 Å². The summed E-state index contributed by atoms with van der Waals surface area (Å²) < 4.78 is 10.9. The smallest absolute Gasteiger partial charge is 0.231 e. The molecule has 1 aliphatic heterocycles. The van der Waals surface area contributed by atoms with Crippen LogP contribution < -0.4 is 9.47 Å². The zero-order valence-electron chi connectivity index (χ0n) is 11.4. The Hall–Kier alpha value is -1.48.